The summed E-state index contributed by atoms with van der Waals surface area (Å²) >= 11 is 0. The average molecular weight is 235 g/mol. The van der Waals surface area contributed by atoms with E-state index in [0.717, 1.165) is 12.8 Å². The zero-order valence-electron chi connectivity index (χ0n) is 10.0. The molecule has 6 nitrogen and oxygen atoms in total. The minimum absolute atomic E-state index is 0.0284. The van der Waals surface area contributed by atoms with Crippen molar-refractivity contribution in [2.24, 2.45) is 0 Å². The summed E-state index contributed by atoms with van der Waals surface area (Å²) in [5, 5.41) is 9.82. The second-order valence-electron chi connectivity index (χ2n) is 4.18. The van der Waals surface area contributed by atoms with Gasteiger partial charge < -0.3 is 15.4 Å². The number of imidazole rings is 1. The topological polar surface area (TPSA) is 89.8 Å². The molecule has 2 heterocycles. The van der Waals surface area contributed by atoms with Gasteiger partial charge in [0, 0.05) is 0 Å². The number of nitrogens with zero attached hydrogens (tertiary/aromatic N) is 4. The Kier molecular flexibility index (Phi) is 3.23. The summed E-state index contributed by atoms with van der Waals surface area (Å²) in [6.07, 6.45) is 4.48. The molecular formula is C11H17N5O. The third-order valence-corrected chi connectivity index (χ3v) is 2.89. The molecule has 2 aromatic rings. The molecule has 0 aliphatic carbocycles. The third-order valence-electron chi connectivity index (χ3n) is 2.89. The molecule has 0 aromatic carbocycles. The molecule has 17 heavy (non-hydrogen) atoms. The molecule has 0 spiro atoms. The Morgan fingerprint density at radius 2 is 2.18 bits per heavy atom. The molecule has 0 aliphatic rings. The van der Waals surface area contributed by atoms with Crippen molar-refractivity contribution < 1.29 is 5.11 Å². The van der Waals surface area contributed by atoms with Gasteiger partial charge in [0.15, 0.2) is 11.5 Å². The minimum Gasteiger partial charge on any atom is -0.391 e. The predicted octanol–water partition coefficient (Wildman–Crippen LogP) is 1.13. The molecule has 0 aliphatic heterocycles. The predicted molar refractivity (Wildman–Crippen MR) is 65.4 cm³/mol. The Morgan fingerprint density at radius 3 is 2.82 bits per heavy atom. The molecule has 6 heteroatoms. The van der Waals surface area contributed by atoms with E-state index in [9.17, 15) is 5.11 Å². The van der Waals surface area contributed by atoms with Gasteiger partial charge in [0.05, 0.1) is 18.5 Å². The highest BCUT2D eigenvalue weighted by atomic mass is 16.3. The highest BCUT2D eigenvalue weighted by Gasteiger charge is 2.19. The van der Waals surface area contributed by atoms with Crippen molar-refractivity contribution in [1.29, 1.82) is 0 Å². The molecule has 0 bridgehead atoms. The van der Waals surface area contributed by atoms with E-state index in [0.29, 0.717) is 17.0 Å². The Balaban J connectivity index is 2.50. The molecule has 0 fully saturated rings. The summed E-state index contributed by atoms with van der Waals surface area (Å²) in [4.78, 5) is 12.3. The fourth-order valence-corrected chi connectivity index (χ4v) is 2.02. The van der Waals surface area contributed by atoms with Gasteiger partial charge in [-0.2, -0.15) is 0 Å². The number of anilines is 1. The van der Waals surface area contributed by atoms with Crippen LogP contribution < -0.4 is 5.73 Å². The number of aliphatic hydroxyl groups excluding tert-OH is 1. The number of rotatable bonds is 4. The fraction of sp³-hybridized carbons (Fsp3) is 0.545. The van der Waals surface area contributed by atoms with Crippen molar-refractivity contribution in [1.82, 2.24) is 19.5 Å². The number of aliphatic hydroxyl groups is 1. The van der Waals surface area contributed by atoms with E-state index in [1.54, 1.807) is 13.3 Å². The average Bonchev–Trinajstić information content (AvgIpc) is 2.70. The Morgan fingerprint density at radius 1 is 1.41 bits per heavy atom. The van der Waals surface area contributed by atoms with Gasteiger partial charge in [-0.15, -0.1) is 0 Å². The van der Waals surface area contributed by atoms with Crippen LogP contribution in [-0.2, 0) is 0 Å². The largest absolute Gasteiger partial charge is 0.391 e. The molecule has 2 rings (SSSR count). The van der Waals surface area contributed by atoms with E-state index in [-0.39, 0.29) is 6.04 Å². The highest BCUT2D eigenvalue weighted by Crippen LogP contribution is 2.24. The summed E-state index contributed by atoms with van der Waals surface area (Å²) in [7, 11) is 0. The van der Waals surface area contributed by atoms with Gasteiger partial charge in [-0.1, -0.05) is 13.3 Å². The highest BCUT2D eigenvalue weighted by molar-refractivity contribution is 5.81. The van der Waals surface area contributed by atoms with E-state index < -0.39 is 6.10 Å². The van der Waals surface area contributed by atoms with Gasteiger partial charge in [0.25, 0.3) is 0 Å². The van der Waals surface area contributed by atoms with Crippen LogP contribution in [0.3, 0.4) is 0 Å². The lowest BCUT2D eigenvalue weighted by Gasteiger charge is -2.21. The summed E-state index contributed by atoms with van der Waals surface area (Å²) in [6, 6.07) is -0.0284. The van der Waals surface area contributed by atoms with Gasteiger partial charge in [-0.3, -0.25) is 0 Å². The molecule has 2 atom stereocenters. The second-order valence-corrected chi connectivity index (χ2v) is 4.18. The van der Waals surface area contributed by atoms with E-state index in [1.807, 2.05) is 4.57 Å². The van der Waals surface area contributed by atoms with E-state index >= 15 is 0 Å². The number of fused-ring (bicyclic) bond motifs is 1. The monoisotopic (exact) mass is 235 g/mol. The van der Waals surface area contributed by atoms with Crippen molar-refractivity contribution in [2.75, 3.05) is 5.73 Å². The number of nitrogens with two attached hydrogens (primary N) is 1. The molecule has 92 valence electrons. The lowest BCUT2D eigenvalue weighted by atomic mass is 10.1. The second kappa shape index (κ2) is 4.67. The van der Waals surface area contributed by atoms with Gasteiger partial charge in [-0.05, 0) is 13.3 Å². The standard InChI is InChI=1S/C11H17N5O/c1-3-4-8(7(2)17)16-6-15-9-10(12)13-5-14-11(9)16/h5-8,17H,3-4H2,1-2H3,(H2,12,13,14). The molecule has 0 radical (unpaired) electrons. The summed E-state index contributed by atoms with van der Waals surface area (Å²) in [5.41, 5.74) is 7.00. The number of nitrogen functional groups attached to an aromatic ring is 1. The van der Waals surface area contributed by atoms with E-state index in [1.165, 1.54) is 6.33 Å². The maximum absolute atomic E-state index is 9.82. The van der Waals surface area contributed by atoms with Crippen molar-refractivity contribution in [3.05, 3.63) is 12.7 Å². The summed E-state index contributed by atoms with van der Waals surface area (Å²) in [6.45, 7) is 3.86. The minimum atomic E-state index is -0.455. The zero-order chi connectivity index (χ0) is 12.4. The van der Waals surface area contributed by atoms with E-state index in [4.69, 9.17) is 5.73 Å². The zero-order valence-corrected chi connectivity index (χ0v) is 10.0. The number of hydrogen-bond acceptors (Lipinski definition) is 5. The van der Waals surface area contributed by atoms with Crippen LogP contribution in [-0.4, -0.2) is 30.7 Å². The molecule has 3 N–H and O–H groups in total. The lowest BCUT2D eigenvalue weighted by Crippen LogP contribution is -2.21. The van der Waals surface area contributed by atoms with Gasteiger partial charge in [0.1, 0.15) is 11.8 Å². The third kappa shape index (κ3) is 2.08. The van der Waals surface area contributed by atoms with Crippen molar-refractivity contribution in [3.8, 4) is 0 Å². The molecular weight excluding hydrogens is 218 g/mol. The first-order valence-electron chi connectivity index (χ1n) is 5.76. The van der Waals surface area contributed by atoms with Crippen molar-refractivity contribution >= 4 is 17.0 Å². The van der Waals surface area contributed by atoms with Crippen molar-refractivity contribution in [3.63, 3.8) is 0 Å². The van der Waals surface area contributed by atoms with E-state index in [2.05, 4.69) is 21.9 Å². The maximum atomic E-state index is 9.82. The first-order chi connectivity index (χ1) is 8.15. The Hall–Kier alpha value is -1.69. The molecule has 0 saturated heterocycles. The van der Waals surface area contributed by atoms with Crippen LogP contribution in [0.15, 0.2) is 12.7 Å². The van der Waals surface area contributed by atoms with Gasteiger partial charge in [-0.25, -0.2) is 15.0 Å². The van der Waals surface area contributed by atoms with Crippen LogP contribution in [0, 0.1) is 0 Å². The Labute approximate surface area is 99.5 Å². The molecule has 0 amide bonds. The first-order valence-corrected chi connectivity index (χ1v) is 5.76. The molecule has 0 saturated carbocycles. The molecule has 2 unspecified atom stereocenters. The molecule has 2 aromatic heterocycles. The summed E-state index contributed by atoms with van der Waals surface area (Å²) < 4.78 is 1.88. The number of aromatic nitrogens is 4. The maximum Gasteiger partial charge on any atom is 0.165 e. The normalized spacial score (nSPS) is 15.0. The smallest absolute Gasteiger partial charge is 0.165 e. The van der Waals surface area contributed by atoms with Gasteiger partial charge in [0.2, 0.25) is 0 Å². The number of hydrogen-bond donors (Lipinski definition) is 2. The quantitative estimate of drug-likeness (QED) is 0.829. The SMILES string of the molecule is CCCC(C(C)O)n1cnc2c(N)ncnc21. The van der Waals surface area contributed by atoms with Crippen LogP contribution in [0.2, 0.25) is 0 Å². The Bertz CT molecular complexity index is 508. The lowest BCUT2D eigenvalue weighted by molar-refractivity contribution is 0.126. The van der Waals surface area contributed by atoms with Crippen LogP contribution in [0.1, 0.15) is 32.7 Å². The van der Waals surface area contributed by atoms with Crippen molar-refractivity contribution in [2.45, 2.75) is 38.8 Å². The summed E-state index contributed by atoms with van der Waals surface area (Å²) in [5.74, 6) is 0.370. The van der Waals surface area contributed by atoms with Crippen LogP contribution in [0.5, 0.6) is 0 Å². The first kappa shape index (κ1) is 11.8. The van der Waals surface area contributed by atoms with Crippen LogP contribution >= 0.6 is 0 Å². The fourth-order valence-electron chi connectivity index (χ4n) is 2.02. The van der Waals surface area contributed by atoms with Gasteiger partial charge >= 0.3 is 0 Å². The van der Waals surface area contributed by atoms with Crippen LogP contribution in [0.4, 0.5) is 5.82 Å². The van der Waals surface area contributed by atoms with Crippen LogP contribution in [0.25, 0.3) is 11.2 Å².